The van der Waals surface area contributed by atoms with Gasteiger partial charge in [-0.05, 0) is 45.0 Å². The molecule has 0 spiro atoms. The van der Waals surface area contributed by atoms with E-state index < -0.39 is 4.92 Å². The SMILES string of the molecule is CC(CN1CCCCC1)NC(=O)c1cnn(-c2ccc([N+](=O)[O-])cc2)c1. The van der Waals surface area contributed by atoms with Crippen LogP contribution in [-0.2, 0) is 0 Å². The molecule has 1 unspecified atom stereocenters. The summed E-state index contributed by atoms with van der Waals surface area (Å²) in [4.78, 5) is 25.1. The Labute approximate surface area is 151 Å². The van der Waals surface area contributed by atoms with Crippen molar-refractivity contribution in [3.8, 4) is 5.69 Å². The van der Waals surface area contributed by atoms with E-state index in [9.17, 15) is 14.9 Å². The van der Waals surface area contributed by atoms with Gasteiger partial charge in [0.05, 0.1) is 22.4 Å². The van der Waals surface area contributed by atoms with Crippen LogP contribution < -0.4 is 5.32 Å². The molecule has 0 aliphatic carbocycles. The number of non-ortho nitro benzene ring substituents is 1. The number of amides is 1. The highest BCUT2D eigenvalue weighted by Crippen LogP contribution is 2.15. The average Bonchev–Trinajstić information content (AvgIpc) is 3.13. The number of rotatable bonds is 6. The van der Waals surface area contributed by atoms with Crippen LogP contribution in [0.15, 0.2) is 36.7 Å². The first-order valence-corrected chi connectivity index (χ1v) is 8.85. The summed E-state index contributed by atoms with van der Waals surface area (Å²) >= 11 is 0. The molecule has 3 rings (SSSR count). The van der Waals surface area contributed by atoms with Crippen LogP contribution in [0.2, 0.25) is 0 Å². The van der Waals surface area contributed by atoms with E-state index in [4.69, 9.17) is 0 Å². The largest absolute Gasteiger partial charge is 0.348 e. The number of nitrogens with zero attached hydrogens (tertiary/aromatic N) is 4. The number of aromatic nitrogens is 2. The van der Waals surface area contributed by atoms with Crippen LogP contribution in [0.3, 0.4) is 0 Å². The van der Waals surface area contributed by atoms with E-state index in [2.05, 4.69) is 15.3 Å². The number of piperidine rings is 1. The maximum atomic E-state index is 12.4. The molecule has 1 saturated heterocycles. The summed E-state index contributed by atoms with van der Waals surface area (Å²) in [7, 11) is 0. The minimum absolute atomic E-state index is 0.0189. The van der Waals surface area contributed by atoms with E-state index >= 15 is 0 Å². The van der Waals surface area contributed by atoms with Gasteiger partial charge >= 0.3 is 0 Å². The minimum Gasteiger partial charge on any atom is -0.348 e. The monoisotopic (exact) mass is 357 g/mol. The quantitative estimate of drug-likeness (QED) is 0.633. The first-order chi connectivity index (χ1) is 12.5. The zero-order chi connectivity index (χ0) is 18.5. The van der Waals surface area contributed by atoms with Gasteiger partial charge in [0.15, 0.2) is 0 Å². The number of carbonyl (C=O) groups is 1. The van der Waals surface area contributed by atoms with Gasteiger partial charge in [-0.1, -0.05) is 6.42 Å². The highest BCUT2D eigenvalue weighted by molar-refractivity contribution is 5.94. The lowest BCUT2D eigenvalue weighted by Crippen LogP contribution is -2.43. The number of nitrogens with one attached hydrogen (secondary N) is 1. The third kappa shape index (κ3) is 4.45. The summed E-state index contributed by atoms with van der Waals surface area (Å²) in [6, 6.07) is 6.09. The van der Waals surface area contributed by atoms with Crippen molar-refractivity contribution >= 4 is 11.6 Å². The van der Waals surface area contributed by atoms with Crippen molar-refractivity contribution < 1.29 is 9.72 Å². The fraction of sp³-hybridized carbons (Fsp3) is 0.444. The molecule has 1 N–H and O–H groups in total. The molecule has 8 nitrogen and oxygen atoms in total. The smallest absolute Gasteiger partial charge is 0.269 e. The van der Waals surface area contributed by atoms with Crippen molar-refractivity contribution in [2.45, 2.75) is 32.2 Å². The maximum Gasteiger partial charge on any atom is 0.269 e. The molecule has 138 valence electrons. The van der Waals surface area contributed by atoms with Crippen LogP contribution in [0.1, 0.15) is 36.5 Å². The Bertz CT molecular complexity index is 765. The molecule has 8 heteroatoms. The summed E-state index contributed by atoms with van der Waals surface area (Å²) in [5.41, 5.74) is 1.15. The molecular weight excluding hydrogens is 334 g/mol. The van der Waals surface area contributed by atoms with Gasteiger partial charge in [-0.3, -0.25) is 14.9 Å². The average molecular weight is 357 g/mol. The molecule has 1 aliphatic heterocycles. The van der Waals surface area contributed by atoms with Crippen molar-refractivity contribution in [1.29, 1.82) is 0 Å². The molecule has 2 aromatic rings. The lowest BCUT2D eigenvalue weighted by atomic mass is 10.1. The molecule has 2 heterocycles. The zero-order valence-electron chi connectivity index (χ0n) is 14.8. The normalized spacial score (nSPS) is 16.2. The van der Waals surface area contributed by atoms with Gasteiger partial charge in [-0.25, -0.2) is 4.68 Å². The van der Waals surface area contributed by atoms with Crippen LogP contribution in [-0.4, -0.2) is 51.2 Å². The third-order valence-electron chi connectivity index (χ3n) is 4.53. The highest BCUT2D eigenvalue weighted by atomic mass is 16.6. The molecule has 1 atom stereocenters. The second-order valence-corrected chi connectivity index (χ2v) is 6.68. The molecule has 26 heavy (non-hydrogen) atoms. The number of nitro benzene ring substituents is 1. The second-order valence-electron chi connectivity index (χ2n) is 6.68. The van der Waals surface area contributed by atoms with Gasteiger partial charge in [-0.2, -0.15) is 5.10 Å². The number of hydrogen-bond donors (Lipinski definition) is 1. The Morgan fingerprint density at radius 3 is 2.62 bits per heavy atom. The van der Waals surface area contributed by atoms with E-state index in [0.717, 1.165) is 19.6 Å². The lowest BCUT2D eigenvalue weighted by molar-refractivity contribution is -0.384. The van der Waals surface area contributed by atoms with E-state index in [0.29, 0.717) is 11.3 Å². The molecule has 1 amide bonds. The number of benzene rings is 1. The Kier molecular flexibility index (Phi) is 5.62. The van der Waals surface area contributed by atoms with Crippen LogP contribution in [0.25, 0.3) is 5.69 Å². The molecule has 0 bridgehead atoms. The van der Waals surface area contributed by atoms with Crippen molar-refractivity contribution in [3.63, 3.8) is 0 Å². The van der Waals surface area contributed by atoms with Gasteiger partial charge < -0.3 is 10.2 Å². The standard InChI is InChI=1S/C18H23N5O3/c1-14(12-21-9-3-2-4-10-21)20-18(24)15-11-19-22(13-15)16-5-7-17(8-6-16)23(25)26/h5-8,11,13-14H,2-4,9-10,12H2,1H3,(H,20,24). The van der Waals surface area contributed by atoms with Crippen molar-refractivity contribution in [2.75, 3.05) is 19.6 Å². The minimum atomic E-state index is -0.449. The fourth-order valence-electron chi connectivity index (χ4n) is 3.19. The number of likely N-dealkylation sites (tertiary alicyclic amines) is 1. The van der Waals surface area contributed by atoms with Gasteiger partial charge in [0.25, 0.3) is 11.6 Å². The lowest BCUT2D eigenvalue weighted by Gasteiger charge is -2.29. The maximum absolute atomic E-state index is 12.4. The molecule has 1 fully saturated rings. The number of carbonyl (C=O) groups excluding carboxylic acids is 1. The predicted molar refractivity (Wildman–Crippen MR) is 97.4 cm³/mol. The Hall–Kier alpha value is -2.74. The van der Waals surface area contributed by atoms with E-state index in [1.54, 1.807) is 18.3 Å². The first kappa shape index (κ1) is 18.1. The predicted octanol–water partition coefficient (Wildman–Crippen LogP) is 2.38. The summed E-state index contributed by atoms with van der Waals surface area (Å²) < 4.78 is 1.54. The van der Waals surface area contributed by atoms with Crippen molar-refractivity contribution in [1.82, 2.24) is 20.0 Å². The van der Waals surface area contributed by atoms with Gasteiger partial charge in [-0.15, -0.1) is 0 Å². The van der Waals surface area contributed by atoms with Crippen LogP contribution in [0.5, 0.6) is 0 Å². The highest BCUT2D eigenvalue weighted by Gasteiger charge is 2.17. The van der Waals surface area contributed by atoms with Crippen LogP contribution >= 0.6 is 0 Å². The first-order valence-electron chi connectivity index (χ1n) is 8.85. The Balaban J connectivity index is 1.59. The summed E-state index contributed by atoms with van der Waals surface area (Å²) in [6.45, 7) is 5.05. The molecule has 0 saturated carbocycles. The fourth-order valence-corrected chi connectivity index (χ4v) is 3.19. The van der Waals surface area contributed by atoms with E-state index in [1.807, 2.05) is 6.92 Å². The summed E-state index contributed by atoms with van der Waals surface area (Å²) in [5.74, 6) is -0.164. The topological polar surface area (TPSA) is 93.3 Å². The third-order valence-corrected chi connectivity index (χ3v) is 4.53. The summed E-state index contributed by atoms with van der Waals surface area (Å²) in [5, 5.41) is 17.9. The number of hydrogen-bond acceptors (Lipinski definition) is 5. The van der Waals surface area contributed by atoms with Crippen molar-refractivity contribution in [2.24, 2.45) is 0 Å². The second kappa shape index (κ2) is 8.09. The van der Waals surface area contributed by atoms with Crippen LogP contribution in [0, 0.1) is 10.1 Å². The Morgan fingerprint density at radius 1 is 1.27 bits per heavy atom. The molecule has 1 aliphatic rings. The zero-order valence-corrected chi connectivity index (χ0v) is 14.8. The van der Waals surface area contributed by atoms with E-state index in [1.165, 1.54) is 42.3 Å². The van der Waals surface area contributed by atoms with Gasteiger partial charge in [0.1, 0.15) is 0 Å². The summed E-state index contributed by atoms with van der Waals surface area (Å²) in [6.07, 6.45) is 6.87. The molecule has 1 aromatic heterocycles. The van der Waals surface area contributed by atoms with Gasteiger partial charge in [0.2, 0.25) is 0 Å². The molecule has 0 radical (unpaired) electrons. The van der Waals surface area contributed by atoms with Gasteiger partial charge in [0, 0.05) is 30.9 Å². The Morgan fingerprint density at radius 2 is 1.96 bits per heavy atom. The van der Waals surface area contributed by atoms with Crippen LogP contribution in [0.4, 0.5) is 5.69 Å². The van der Waals surface area contributed by atoms with E-state index in [-0.39, 0.29) is 17.6 Å². The number of nitro groups is 1. The molecule has 1 aromatic carbocycles. The molecular formula is C18H23N5O3. The van der Waals surface area contributed by atoms with Crippen molar-refractivity contribution in [3.05, 3.63) is 52.3 Å².